The largest absolute Gasteiger partial charge is 0.479 e. The van der Waals surface area contributed by atoms with Crippen LogP contribution in [-0.4, -0.2) is 105 Å². The predicted molar refractivity (Wildman–Crippen MR) is 256 cm³/mol. The minimum Gasteiger partial charge on any atom is -0.479 e. The molecule has 26 heteroatoms. The molecular weight excluding hydrogens is 951 g/mol. The predicted octanol–water partition coefficient (Wildman–Crippen LogP) is 5.78. The maximum absolute atomic E-state index is 13.5. The molecule has 6 aromatic rings. The summed E-state index contributed by atoms with van der Waals surface area (Å²) in [4.78, 5) is 49.2. The van der Waals surface area contributed by atoms with Crippen molar-refractivity contribution in [2.24, 2.45) is 11.8 Å². The molecule has 2 aliphatic carbocycles. The lowest BCUT2D eigenvalue weighted by molar-refractivity contribution is -0.143. The van der Waals surface area contributed by atoms with Crippen LogP contribution in [0.3, 0.4) is 0 Å². The second-order valence-electron chi connectivity index (χ2n) is 15.9. The smallest absolute Gasteiger partial charge is 0.459 e. The molecule has 2 aromatic carbocycles. The Morgan fingerprint density at radius 2 is 1.01 bits per heavy atom. The fraction of sp³-hybridized carbons (Fsp3) is 0.364. The number of hydrogen-bond donors (Lipinski definition) is 4. The minimum atomic E-state index is -3.91. The van der Waals surface area contributed by atoms with Gasteiger partial charge in [-0.3, -0.25) is 18.6 Å². The Bertz CT molecular complexity index is 2730. The molecule has 0 saturated heterocycles. The third-order valence-corrected chi connectivity index (χ3v) is 14.2. The van der Waals surface area contributed by atoms with Gasteiger partial charge in [-0.25, -0.2) is 19.1 Å². The SMILES string of the molecule is COC(=O)[C@H](C)NP(=O)(OC[C@@H]1C=C[C@H](n2cnc3c(OC)nc(N)nc32)C1)Oc1ccccc1.COC(=O)[C@H](C)NP(=O)(OC[C@@H]1C=C[C@H](n2cnc3c(OC)nc(N)nc32)C1)Oc1ccccc1. The zero-order chi connectivity index (χ0) is 50.0. The molecule has 70 heavy (non-hydrogen) atoms. The van der Waals surface area contributed by atoms with E-state index in [2.05, 4.69) is 40.1 Å². The molecule has 0 bridgehead atoms. The van der Waals surface area contributed by atoms with Crippen LogP contribution in [0.5, 0.6) is 23.3 Å². The van der Waals surface area contributed by atoms with Crippen LogP contribution in [0.15, 0.2) is 97.6 Å². The van der Waals surface area contributed by atoms with Crippen LogP contribution >= 0.6 is 15.5 Å². The van der Waals surface area contributed by atoms with Gasteiger partial charge in [-0.1, -0.05) is 60.7 Å². The molecule has 0 amide bonds. The molecule has 0 spiro atoms. The Morgan fingerprint density at radius 3 is 1.37 bits per heavy atom. The Morgan fingerprint density at radius 1 is 0.629 bits per heavy atom. The van der Waals surface area contributed by atoms with Gasteiger partial charge in [0.05, 0.1) is 66.4 Å². The normalized spacial score (nSPS) is 19.9. The number of rotatable bonds is 20. The molecule has 4 heterocycles. The third-order valence-electron chi connectivity index (χ3n) is 10.9. The van der Waals surface area contributed by atoms with Crippen molar-refractivity contribution in [3.05, 3.63) is 97.6 Å². The van der Waals surface area contributed by atoms with Gasteiger partial charge in [0, 0.05) is 11.8 Å². The summed E-state index contributed by atoms with van der Waals surface area (Å²) in [6, 6.07) is 15.2. The van der Waals surface area contributed by atoms with E-state index in [4.69, 9.17) is 48.5 Å². The highest BCUT2D eigenvalue weighted by molar-refractivity contribution is 7.52. The number of allylic oxidation sites excluding steroid dienone is 2. The zero-order valence-corrected chi connectivity index (χ0v) is 40.8. The number of fused-ring (bicyclic) bond motifs is 2. The van der Waals surface area contributed by atoms with E-state index in [0.29, 0.717) is 58.4 Å². The lowest BCUT2D eigenvalue weighted by atomic mass is 10.1. The van der Waals surface area contributed by atoms with E-state index in [-0.39, 0.29) is 49.0 Å². The van der Waals surface area contributed by atoms with E-state index >= 15 is 0 Å². The lowest BCUT2D eigenvalue weighted by Gasteiger charge is -2.23. The van der Waals surface area contributed by atoms with Crippen LogP contribution in [0.1, 0.15) is 38.8 Å². The summed E-state index contributed by atoms with van der Waals surface area (Å²) in [6.07, 6.45) is 12.5. The highest BCUT2D eigenvalue weighted by atomic mass is 31.2. The number of hydrogen-bond acceptors (Lipinski definition) is 20. The molecule has 24 nitrogen and oxygen atoms in total. The van der Waals surface area contributed by atoms with Crippen molar-refractivity contribution in [2.45, 2.75) is 50.9 Å². The number of nitrogen functional groups attached to an aromatic ring is 2. The van der Waals surface area contributed by atoms with Crippen molar-refractivity contribution in [3.63, 3.8) is 0 Å². The molecule has 0 fully saturated rings. The molecule has 8 atom stereocenters. The average Bonchev–Trinajstić information content (AvgIpc) is 4.19. The summed E-state index contributed by atoms with van der Waals surface area (Å²) in [6.45, 7) is 3.22. The summed E-state index contributed by atoms with van der Waals surface area (Å²) < 4.78 is 73.6. The Labute approximate surface area is 402 Å². The van der Waals surface area contributed by atoms with Crippen molar-refractivity contribution in [3.8, 4) is 23.3 Å². The van der Waals surface area contributed by atoms with Crippen LogP contribution in [0.25, 0.3) is 22.3 Å². The van der Waals surface area contributed by atoms with Crippen LogP contribution in [-0.2, 0) is 37.2 Å². The molecule has 0 radical (unpaired) electrons. The van der Waals surface area contributed by atoms with Crippen LogP contribution in [0.4, 0.5) is 11.9 Å². The third kappa shape index (κ3) is 12.4. The minimum absolute atomic E-state index is 0.0796. The van der Waals surface area contributed by atoms with Gasteiger partial charge in [-0.15, -0.1) is 0 Å². The number of nitrogens with zero attached hydrogens (tertiary/aromatic N) is 8. The number of methoxy groups -OCH3 is 4. The average molecular weight is 1000 g/mol. The number of nitrogens with one attached hydrogen (secondary N) is 2. The van der Waals surface area contributed by atoms with Crippen molar-refractivity contribution < 1.29 is 55.8 Å². The van der Waals surface area contributed by atoms with E-state index in [9.17, 15) is 18.7 Å². The number of ether oxygens (including phenoxy) is 4. The standard InChI is InChI=1S/2C22H27N6O6P/c2*1-14(21(29)32-3)27-35(30,34-17-7-5-4-6-8-17)33-12-15-9-10-16(11-15)28-13-24-18-19(28)25-22(23)26-20(18)31-2/h2*4-10,13-16H,11-12H2,1-3H3,(H,27,30)(H2,23,25,26)/t2*14-,15+,16-,35?/m00/s1. The first-order chi connectivity index (χ1) is 33.6. The van der Waals surface area contributed by atoms with Gasteiger partial charge in [0.15, 0.2) is 22.3 Å². The fourth-order valence-corrected chi connectivity index (χ4v) is 10.6. The summed E-state index contributed by atoms with van der Waals surface area (Å²) in [5.74, 6) is 0.127. The van der Waals surface area contributed by atoms with Gasteiger partial charge in [-0.2, -0.15) is 30.1 Å². The van der Waals surface area contributed by atoms with E-state index in [1.807, 2.05) is 33.4 Å². The molecule has 4 aromatic heterocycles. The number of carbonyl (C=O) groups excluding carboxylic acids is 2. The first-order valence-corrected chi connectivity index (χ1v) is 24.9. The number of imidazole rings is 2. The van der Waals surface area contributed by atoms with Crippen molar-refractivity contribution in [2.75, 3.05) is 53.1 Å². The Kier molecular flexibility index (Phi) is 16.5. The van der Waals surface area contributed by atoms with Crippen LogP contribution in [0.2, 0.25) is 0 Å². The zero-order valence-electron chi connectivity index (χ0n) is 39.1. The fourth-order valence-electron chi connectivity index (χ4n) is 7.49. The van der Waals surface area contributed by atoms with Gasteiger partial charge in [-0.05, 0) is 51.0 Å². The maximum Gasteiger partial charge on any atom is 0.459 e. The number of carbonyl (C=O) groups is 2. The molecule has 372 valence electrons. The Balaban J connectivity index is 0.000000206. The van der Waals surface area contributed by atoms with Crippen LogP contribution in [0, 0.1) is 11.8 Å². The van der Waals surface area contributed by atoms with Gasteiger partial charge in [0.2, 0.25) is 23.7 Å². The van der Waals surface area contributed by atoms with Crippen molar-refractivity contribution in [1.29, 1.82) is 0 Å². The summed E-state index contributed by atoms with van der Waals surface area (Å²) in [5.41, 5.74) is 13.8. The molecule has 6 N–H and O–H groups in total. The first-order valence-electron chi connectivity index (χ1n) is 21.8. The molecular formula is C44H54N12O12P2. The summed E-state index contributed by atoms with van der Waals surface area (Å²) >= 11 is 0. The topological polar surface area (TPSA) is 305 Å². The van der Waals surface area contributed by atoms with Crippen molar-refractivity contribution in [1.82, 2.24) is 49.2 Å². The molecule has 0 saturated carbocycles. The second-order valence-corrected chi connectivity index (χ2v) is 19.3. The second kappa shape index (κ2) is 22.7. The van der Waals surface area contributed by atoms with Gasteiger partial charge in [0.25, 0.3) is 0 Å². The van der Waals surface area contributed by atoms with Crippen molar-refractivity contribution >= 4 is 61.7 Å². The summed E-state index contributed by atoms with van der Waals surface area (Å²) in [7, 11) is -2.33. The van der Waals surface area contributed by atoms with Crippen LogP contribution < -0.4 is 40.2 Å². The van der Waals surface area contributed by atoms with Gasteiger partial charge in [0.1, 0.15) is 23.6 Å². The molecule has 0 aliphatic heterocycles. The number of anilines is 2. The highest BCUT2D eigenvalue weighted by Crippen LogP contribution is 2.48. The molecule has 2 unspecified atom stereocenters. The lowest BCUT2D eigenvalue weighted by Crippen LogP contribution is -2.34. The quantitative estimate of drug-likeness (QED) is 0.0400. The van der Waals surface area contributed by atoms with E-state index in [1.165, 1.54) is 42.3 Å². The number of esters is 2. The van der Waals surface area contributed by atoms with E-state index in [1.54, 1.807) is 73.3 Å². The van der Waals surface area contributed by atoms with E-state index in [0.717, 1.165) is 0 Å². The molecule has 2 aliphatic rings. The Hall–Kier alpha value is -6.94. The van der Waals surface area contributed by atoms with Gasteiger partial charge < -0.3 is 48.6 Å². The van der Waals surface area contributed by atoms with Gasteiger partial charge >= 0.3 is 27.4 Å². The highest BCUT2D eigenvalue weighted by Gasteiger charge is 2.36. The first kappa shape index (κ1) is 50.9. The molecule has 8 rings (SSSR count). The monoisotopic (exact) mass is 1000 g/mol. The number of benzene rings is 2. The number of aromatic nitrogens is 8. The summed E-state index contributed by atoms with van der Waals surface area (Å²) in [5, 5.41) is 5.30. The maximum atomic E-state index is 13.5. The van der Waals surface area contributed by atoms with E-state index < -0.39 is 39.5 Å². The number of nitrogens with two attached hydrogens (primary N) is 2. The number of para-hydroxylation sites is 2.